The molecule has 0 bridgehead atoms. The number of benzene rings is 1. The quantitative estimate of drug-likeness (QED) is 0.271. The van der Waals surface area contributed by atoms with Crippen molar-refractivity contribution in [2.75, 3.05) is 13.1 Å². The number of H-pyrrole nitrogens is 2. The molecule has 0 radical (unpaired) electrons. The fraction of sp³-hybridized carbons (Fsp3) is 0.148. The molecule has 4 aromatic rings. The number of aromatic nitrogens is 3. The number of carbonyl (C=O) groups is 1. The maximum absolute atomic E-state index is 11.8. The van der Waals surface area contributed by atoms with Crippen LogP contribution >= 0.6 is 11.3 Å². The Kier molecular flexibility index (Phi) is 4.84. The minimum absolute atomic E-state index is 0.0896. The third kappa shape index (κ3) is 3.55. The molecule has 162 valence electrons. The Balaban J connectivity index is 1.44. The molecule has 0 saturated heterocycles. The van der Waals surface area contributed by atoms with E-state index in [-0.39, 0.29) is 5.78 Å². The molecule has 0 fully saturated rings. The molecule has 1 aliphatic heterocycles. The highest BCUT2D eigenvalue weighted by Gasteiger charge is 2.19. The number of aromatic amines is 2. The number of hydrogen-bond donors (Lipinski definition) is 3. The number of carbonyl (C=O) groups excluding carboxylic acids is 1. The van der Waals surface area contributed by atoms with E-state index in [0.29, 0.717) is 0 Å². The molecule has 33 heavy (non-hydrogen) atoms. The lowest BCUT2D eigenvalue weighted by Crippen LogP contribution is -2.19. The summed E-state index contributed by atoms with van der Waals surface area (Å²) in [6.45, 7) is 3.53. The van der Waals surface area contributed by atoms with Crippen molar-refractivity contribution < 1.29 is 4.79 Å². The van der Waals surface area contributed by atoms with E-state index in [1.54, 1.807) is 6.92 Å². The Morgan fingerprint density at radius 3 is 2.94 bits per heavy atom. The van der Waals surface area contributed by atoms with E-state index in [1.165, 1.54) is 22.5 Å². The molecule has 0 saturated carbocycles. The molecule has 0 spiro atoms. The van der Waals surface area contributed by atoms with Crippen LogP contribution in [0.1, 0.15) is 44.7 Å². The standard InChI is InChI=1S/C27H22N4OS/c1-16(32)25-8-9-26(33-25)19-4-2-3-5-22-20(19)15-24(29-22)27-21-14-18(6-7-23(21)30-31-27)17-10-12-28-13-11-17/h2,4-10,14-15,28-29H,11-13H2,1H3,(H,30,31). The maximum atomic E-state index is 11.8. The van der Waals surface area contributed by atoms with Crippen molar-refractivity contribution >= 4 is 45.2 Å². The molecular weight excluding hydrogens is 428 g/mol. The fourth-order valence-corrected chi connectivity index (χ4v) is 5.42. The van der Waals surface area contributed by atoms with Crippen LogP contribution in [0, 0.1) is 0 Å². The van der Waals surface area contributed by atoms with Crippen LogP contribution in [-0.2, 0) is 0 Å². The summed E-state index contributed by atoms with van der Waals surface area (Å²) in [7, 11) is 0. The smallest absolute Gasteiger partial charge is 0.169 e. The molecule has 0 unspecified atom stereocenters. The minimum atomic E-state index is 0.0896. The highest BCUT2D eigenvalue weighted by Crippen LogP contribution is 2.37. The van der Waals surface area contributed by atoms with Gasteiger partial charge in [-0.2, -0.15) is 5.10 Å². The van der Waals surface area contributed by atoms with E-state index >= 15 is 0 Å². The summed E-state index contributed by atoms with van der Waals surface area (Å²) in [5, 5.41) is 12.3. The average molecular weight is 451 g/mol. The van der Waals surface area contributed by atoms with E-state index in [9.17, 15) is 4.79 Å². The van der Waals surface area contributed by atoms with Gasteiger partial charge in [-0.25, -0.2) is 0 Å². The van der Waals surface area contributed by atoms with Gasteiger partial charge in [0.15, 0.2) is 5.78 Å². The van der Waals surface area contributed by atoms with Crippen molar-refractivity contribution in [1.29, 1.82) is 0 Å². The third-order valence-electron chi connectivity index (χ3n) is 6.18. The van der Waals surface area contributed by atoms with Gasteiger partial charge in [-0.15, -0.1) is 17.1 Å². The van der Waals surface area contributed by atoms with Crippen LogP contribution in [0.15, 0.2) is 60.4 Å². The van der Waals surface area contributed by atoms with Crippen molar-refractivity contribution in [2.45, 2.75) is 13.3 Å². The monoisotopic (exact) mass is 450 g/mol. The summed E-state index contributed by atoms with van der Waals surface area (Å²) in [6, 6.07) is 12.6. The van der Waals surface area contributed by atoms with Gasteiger partial charge >= 0.3 is 0 Å². The summed E-state index contributed by atoms with van der Waals surface area (Å²) in [5.74, 6) is 0.0896. The Bertz CT molecular complexity index is 1540. The first-order chi connectivity index (χ1) is 16.2. The normalized spacial score (nSPS) is 15.3. The molecule has 0 amide bonds. The van der Waals surface area contributed by atoms with Gasteiger partial charge in [0, 0.05) is 34.0 Å². The van der Waals surface area contributed by atoms with Crippen LogP contribution in [0.2, 0.25) is 0 Å². The largest absolute Gasteiger partial charge is 0.353 e. The Morgan fingerprint density at radius 1 is 1.18 bits per heavy atom. The number of nitrogens with one attached hydrogen (secondary N) is 3. The number of nitrogens with zero attached hydrogens (tertiary/aromatic N) is 1. The molecule has 3 aromatic heterocycles. The lowest BCUT2D eigenvalue weighted by Gasteiger charge is -2.14. The zero-order valence-corrected chi connectivity index (χ0v) is 19.0. The van der Waals surface area contributed by atoms with Crippen molar-refractivity contribution in [3.8, 4) is 11.4 Å². The highest BCUT2D eigenvalue weighted by atomic mass is 32.1. The minimum Gasteiger partial charge on any atom is -0.353 e. The zero-order valence-electron chi connectivity index (χ0n) is 18.2. The third-order valence-corrected chi connectivity index (χ3v) is 7.40. The first-order valence-corrected chi connectivity index (χ1v) is 11.8. The number of Topliss-reactive ketones (excluding diaryl/α,β-unsaturated/α-hetero) is 1. The zero-order chi connectivity index (χ0) is 22.4. The second-order valence-electron chi connectivity index (χ2n) is 8.30. The molecule has 6 rings (SSSR count). The highest BCUT2D eigenvalue weighted by molar-refractivity contribution is 7.15. The van der Waals surface area contributed by atoms with Gasteiger partial charge in [-0.05, 0) is 73.5 Å². The second-order valence-corrected chi connectivity index (χ2v) is 9.39. The van der Waals surface area contributed by atoms with Crippen LogP contribution in [0.5, 0.6) is 0 Å². The Hall–Kier alpha value is -3.70. The van der Waals surface area contributed by atoms with Crippen LogP contribution in [-0.4, -0.2) is 34.1 Å². The molecule has 0 atom stereocenters. The van der Waals surface area contributed by atoms with Crippen LogP contribution in [0.4, 0.5) is 0 Å². The van der Waals surface area contributed by atoms with Gasteiger partial charge in [0.25, 0.3) is 0 Å². The lowest BCUT2D eigenvalue weighted by molar-refractivity contribution is 0.102. The van der Waals surface area contributed by atoms with E-state index in [2.05, 4.69) is 62.6 Å². The lowest BCUT2D eigenvalue weighted by atomic mass is 9.98. The average Bonchev–Trinajstić information content (AvgIpc) is 3.56. The number of rotatable bonds is 4. The number of allylic oxidation sites excluding steroid dienone is 2. The predicted molar refractivity (Wildman–Crippen MR) is 135 cm³/mol. The van der Waals surface area contributed by atoms with Gasteiger partial charge < -0.3 is 10.3 Å². The first kappa shape index (κ1) is 19.9. The molecule has 1 aromatic carbocycles. The summed E-state index contributed by atoms with van der Waals surface area (Å²) in [4.78, 5) is 17.2. The van der Waals surface area contributed by atoms with Gasteiger partial charge in [-0.3, -0.25) is 9.89 Å². The number of fused-ring (bicyclic) bond motifs is 2. The first-order valence-electron chi connectivity index (χ1n) is 11.0. The summed E-state index contributed by atoms with van der Waals surface area (Å²) >= 11 is 1.52. The molecule has 6 heteroatoms. The van der Waals surface area contributed by atoms with Gasteiger partial charge in [0.1, 0.15) is 5.69 Å². The predicted octanol–water partition coefficient (Wildman–Crippen LogP) is 5.81. The maximum Gasteiger partial charge on any atom is 0.169 e. The molecule has 1 aliphatic carbocycles. The molecule has 4 heterocycles. The number of thiophene rings is 1. The SMILES string of the molecule is CC(=O)c1ccc(C2=CC=C=Cc3[nH]c(-c4n[nH]c5ccc(C6=CCNCC6)cc45)cc32)s1. The molecule has 2 aliphatic rings. The second kappa shape index (κ2) is 8.01. The Labute approximate surface area is 195 Å². The van der Waals surface area contributed by atoms with Crippen molar-refractivity contribution in [2.24, 2.45) is 0 Å². The van der Waals surface area contributed by atoms with Gasteiger partial charge in [-0.1, -0.05) is 12.1 Å². The van der Waals surface area contributed by atoms with Crippen molar-refractivity contribution in [1.82, 2.24) is 20.5 Å². The van der Waals surface area contributed by atoms with Crippen LogP contribution < -0.4 is 5.32 Å². The number of ketones is 1. The van der Waals surface area contributed by atoms with E-state index in [1.807, 2.05) is 24.3 Å². The summed E-state index contributed by atoms with van der Waals surface area (Å²) < 4.78 is 0. The number of hydrogen-bond acceptors (Lipinski definition) is 4. The molecule has 5 nitrogen and oxygen atoms in total. The topological polar surface area (TPSA) is 73.6 Å². The van der Waals surface area contributed by atoms with Crippen LogP contribution in [0.3, 0.4) is 0 Å². The fourth-order valence-electron chi connectivity index (χ4n) is 4.48. The molecular formula is C27H22N4OS. The molecule has 3 N–H and O–H groups in total. The van der Waals surface area contributed by atoms with Gasteiger partial charge in [0.2, 0.25) is 0 Å². The van der Waals surface area contributed by atoms with E-state index in [4.69, 9.17) is 0 Å². The summed E-state index contributed by atoms with van der Waals surface area (Å²) in [6.07, 6.45) is 9.23. The van der Waals surface area contributed by atoms with E-state index < -0.39 is 0 Å². The van der Waals surface area contributed by atoms with Crippen LogP contribution in [0.25, 0.3) is 39.5 Å². The summed E-state index contributed by atoms with van der Waals surface area (Å²) in [5.41, 5.74) is 11.9. The van der Waals surface area contributed by atoms with Crippen molar-refractivity contribution in [3.63, 3.8) is 0 Å². The van der Waals surface area contributed by atoms with Gasteiger partial charge in [0.05, 0.1) is 21.8 Å². The van der Waals surface area contributed by atoms with Crippen molar-refractivity contribution in [3.05, 3.63) is 86.9 Å². The Morgan fingerprint density at radius 2 is 2.12 bits per heavy atom. The van der Waals surface area contributed by atoms with E-state index in [0.717, 1.165) is 68.4 Å².